The number of piperazine rings is 1. The van der Waals surface area contributed by atoms with Crippen LogP contribution in [0.4, 0.5) is 0 Å². The van der Waals surface area contributed by atoms with Crippen molar-refractivity contribution in [3.63, 3.8) is 0 Å². The minimum absolute atomic E-state index is 0.0314. The van der Waals surface area contributed by atoms with E-state index < -0.39 is 10.0 Å². The summed E-state index contributed by atoms with van der Waals surface area (Å²) in [7, 11) is -2.44. The van der Waals surface area contributed by atoms with Crippen LogP contribution in [-0.2, 0) is 21.4 Å². The van der Waals surface area contributed by atoms with Crippen LogP contribution in [0.25, 0.3) is 0 Å². The predicted octanol–water partition coefficient (Wildman–Crippen LogP) is 2.70. The molecule has 168 valence electrons. The van der Waals surface area contributed by atoms with E-state index in [9.17, 15) is 13.2 Å². The molecule has 1 heterocycles. The van der Waals surface area contributed by atoms with Gasteiger partial charge in [0, 0.05) is 39.8 Å². The standard InChI is InChI=1S/C22H28ClN3O4S/c1-3-30-21-10-9-19(15-20(21)23)31(28,29)24(2)17-22(27)26-13-11-25(12-14-26)16-18-7-5-4-6-8-18/h4-10,15H,3,11-14,16-17H2,1-2H3. The Morgan fingerprint density at radius 3 is 2.39 bits per heavy atom. The molecule has 1 aliphatic rings. The van der Waals surface area contributed by atoms with Gasteiger partial charge in [0.15, 0.2) is 0 Å². The third kappa shape index (κ3) is 5.98. The number of carbonyl (C=O) groups is 1. The largest absolute Gasteiger partial charge is 0.492 e. The van der Waals surface area contributed by atoms with E-state index in [1.54, 1.807) is 4.90 Å². The lowest BCUT2D eigenvalue weighted by Gasteiger charge is -2.35. The van der Waals surface area contributed by atoms with Crippen molar-refractivity contribution in [3.8, 4) is 5.75 Å². The average molecular weight is 466 g/mol. The molecule has 0 atom stereocenters. The molecule has 1 saturated heterocycles. The lowest BCUT2D eigenvalue weighted by Crippen LogP contribution is -2.51. The maximum absolute atomic E-state index is 12.9. The van der Waals surface area contributed by atoms with E-state index in [0.717, 1.165) is 23.9 Å². The molecular weight excluding hydrogens is 438 g/mol. The van der Waals surface area contributed by atoms with Crippen molar-refractivity contribution in [3.05, 3.63) is 59.1 Å². The molecule has 0 spiro atoms. The van der Waals surface area contributed by atoms with Crippen molar-refractivity contribution in [2.24, 2.45) is 0 Å². The van der Waals surface area contributed by atoms with Crippen LogP contribution in [0.3, 0.4) is 0 Å². The van der Waals surface area contributed by atoms with Gasteiger partial charge in [-0.25, -0.2) is 8.42 Å². The van der Waals surface area contributed by atoms with Crippen LogP contribution in [0.2, 0.25) is 5.02 Å². The number of hydrogen-bond donors (Lipinski definition) is 0. The Morgan fingerprint density at radius 1 is 1.10 bits per heavy atom. The quantitative estimate of drug-likeness (QED) is 0.599. The SMILES string of the molecule is CCOc1ccc(S(=O)(=O)N(C)CC(=O)N2CCN(Cc3ccccc3)CC2)cc1Cl. The monoisotopic (exact) mass is 465 g/mol. The van der Waals surface area contributed by atoms with Crippen molar-refractivity contribution in [1.82, 2.24) is 14.1 Å². The summed E-state index contributed by atoms with van der Waals surface area (Å²) in [4.78, 5) is 16.8. The molecule has 0 saturated carbocycles. The Balaban J connectivity index is 1.56. The van der Waals surface area contributed by atoms with Gasteiger partial charge in [-0.1, -0.05) is 41.9 Å². The smallest absolute Gasteiger partial charge is 0.243 e. The van der Waals surface area contributed by atoms with Crippen molar-refractivity contribution in [2.45, 2.75) is 18.4 Å². The molecule has 1 aliphatic heterocycles. The molecule has 0 N–H and O–H groups in total. The summed E-state index contributed by atoms with van der Waals surface area (Å²) in [5.41, 5.74) is 1.24. The van der Waals surface area contributed by atoms with Gasteiger partial charge in [-0.05, 0) is 30.7 Å². The van der Waals surface area contributed by atoms with E-state index in [2.05, 4.69) is 17.0 Å². The normalized spacial score (nSPS) is 15.3. The van der Waals surface area contributed by atoms with Gasteiger partial charge < -0.3 is 9.64 Å². The molecule has 9 heteroatoms. The molecule has 0 aliphatic carbocycles. The summed E-state index contributed by atoms with van der Waals surface area (Å²) >= 11 is 6.13. The predicted molar refractivity (Wildman–Crippen MR) is 121 cm³/mol. The van der Waals surface area contributed by atoms with Crippen LogP contribution >= 0.6 is 11.6 Å². The molecule has 0 aromatic heterocycles. The number of likely N-dealkylation sites (N-methyl/N-ethyl adjacent to an activating group) is 1. The van der Waals surface area contributed by atoms with E-state index in [1.165, 1.54) is 30.8 Å². The maximum atomic E-state index is 12.9. The van der Waals surface area contributed by atoms with E-state index in [0.29, 0.717) is 25.4 Å². The number of rotatable bonds is 8. The fourth-order valence-corrected chi connectivity index (χ4v) is 4.91. The van der Waals surface area contributed by atoms with Gasteiger partial charge >= 0.3 is 0 Å². The van der Waals surface area contributed by atoms with Gasteiger partial charge in [-0.15, -0.1) is 0 Å². The molecule has 31 heavy (non-hydrogen) atoms. The van der Waals surface area contributed by atoms with Crippen LogP contribution in [0.1, 0.15) is 12.5 Å². The number of carbonyl (C=O) groups excluding carboxylic acids is 1. The van der Waals surface area contributed by atoms with E-state index >= 15 is 0 Å². The highest BCUT2D eigenvalue weighted by molar-refractivity contribution is 7.89. The lowest BCUT2D eigenvalue weighted by molar-refractivity contribution is -0.133. The Labute approximate surface area is 189 Å². The highest BCUT2D eigenvalue weighted by Crippen LogP contribution is 2.28. The number of benzene rings is 2. The second kappa shape index (κ2) is 10.5. The Morgan fingerprint density at radius 2 is 1.77 bits per heavy atom. The molecular formula is C22H28ClN3O4S. The van der Waals surface area contributed by atoms with Crippen LogP contribution in [-0.4, -0.2) is 74.8 Å². The van der Waals surface area contributed by atoms with E-state index in [1.807, 2.05) is 25.1 Å². The minimum atomic E-state index is -3.84. The molecule has 2 aromatic carbocycles. The zero-order chi connectivity index (χ0) is 22.4. The van der Waals surface area contributed by atoms with E-state index in [4.69, 9.17) is 16.3 Å². The van der Waals surface area contributed by atoms with E-state index in [-0.39, 0.29) is 22.4 Å². The third-order valence-corrected chi connectivity index (χ3v) is 7.34. The molecule has 0 unspecified atom stereocenters. The minimum Gasteiger partial charge on any atom is -0.492 e. The zero-order valence-electron chi connectivity index (χ0n) is 17.8. The average Bonchev–Trinajstić information content (AvgIpc) is 2.76. The lowest BCUT2D eigenvalue weighted by atomic mass is 10.2. The van der Waals surface area contributed by atoms with Crippen LogP contribution in [0, 0.1) is 0 Å². The summed E-state index contributed by atoms with van der Waals surface area (Å²) in [6.07, 6.45) is 0. The Kier molecular flexibility index (Phi) is 7.94. The number of ether oxygens (including phenoxy) is 1. The first kappa shape index (κ1) is 23.5. The molecule has 0 bridgehead atoms. The van der Waals surface area contributed by atoms with Gasteiger partial charge in [0.1, 0.15) is 5.75 Å². The van der Waals surface area contributed by atoms with Crippen molar-refractivity contribution < 1.29 is 17.9 Å². The highest BCUT2D eigenvalue weighted by atomic mass is 35.5. The van der Waals surface area contributed by atoms with Crippen LogP contribution in [0.15, 0.2) is 53.4 Å². The number of sulfonamides is 1. The first-order chi connectivity index (χ1) is 14.8. The van der Waals surface area contributed by atoms with Gasteiger partial charge in [-0.2, -0.15) is 4.31 Å². The van der Waals surface area contributed by atoms with Crippen molar-refractivity contribution in [1.29, 1.82) is 0 Å². The summed E-state index contributed by atoms with van der Waals surface area (Å²) in [5.74, 6) is 0.220. The Bertz CT molecular complexity index is 993. The number of nitrogens with zero attached hydrogens (tertiary/aromatic N) is 3. The number of hydrogen-bond acceptors (Lipinski definition) is 5. The van der Waals surface area contributed by atoms with Crippen LogP contribution < -0.4 is 4.74 Å². The molecule has 1 fully saturated rings. The maximum Gasteiger partial charge on any atom is 0.243 e. The molecule has 1 amide bonds. The fourth-order valence-electron chi connectivity index (χ4n) is 3.47. The van der Waals surface area contributed by atoms with Crippen molar-refractivity contribution in [2.75, 3.05) is 46.4 Å². The summed E-state index contributed by atoms with van der Waals surface area (Å²) in [6, 6.07) is 14.5. The second-order valence-corrected chi connectivity index (χ2v) is 9.88. The third-order valence-electron chi connectivity index (χ3n) is 5.24. The first-order valence-corrected chi connectivity index (χ1v) is 12.1. The van der Waals surface area contributed by atoms with Crippen LogP contribution in [0.5, 0.6) is 5.75 Å². The van der Waals surface area contributed by atoms with Gasteiger partial charge in [-0.3, -0.25) is 9.69 Å². The first-order valence-electron chi connectivity index (χ1n) is 10.2. The summed E-state index contributed by atoms with van der Waals surface area (Å²) in [6.45, 7) is 5.54. The van der Waals surface area contributed by atoms with Gasteiger partial charge in [0.25, 0.3) is 0 Å². The van der Waals surface area contributed by atoms with Gasteiger partial charge in [0.2, 0.25) is 15.9 Å². The molecule has 0 radical (unpaired) electrons. The number of amides is 1. The molecule has 3 rings (SSSR count). The van der Waals surface area contributed by atoms with Gasteiger partial charge in [0.05, 0.1) is 23.1 Å². The topological polar surface area (TPSA) is 70.2 Å². The fraction of sp³-hybridized carbons (Fsp3) is 0.409. The highest BCUT2D eigenvalue weighted by Gasteiger charge is 2.27. The second-order valence-electron chi connectivity index (χ2n) is 7.43. The molecule has 7 nitrogen and oxygen atoms in total. The summed E-state index contributed by atoms with van der Waals surface area (Å²) in [5, 5.41) is 0.220. The summed E-state index contributed by atoms with van der Waals surface area (Å²) < 4.78 is 32.2. The zero-order valence-corrected chi connectivity index (χ0v) is 19.4. The Hall–Kier alpha value is -2.13. The molecule has 2 aromatic rings. The number of halogens is 1. The van der Waals surface area contributed by atoms with Crippen molar-refractivity contribution >= 4 is 27.5 Å².